The van der Waals surface area contributed by atoms with Gasteiger partial charge in [0.25, 0.3) is 0 Å². The van der Waals surface area contributed by atoms with E-state index in [1.54, 1.807) is 0 Å². The first-order chi connectivity index (χ1) is 15.8. The van der Waals surface area contributed by atoms with E-state index in [4.69, 9.17) is 29.4 Å². The number of rotatable bonds is 16. The first-order valence-corrected chi connectivity index (χ1v) is 12.3. The zero-order valence-corrected chi connectivity index (χ0v) is 20.7. The Balaban J connectivity index is 2.53. The third-order valence-electron chi connectivity index (χ3n) is 5.53. The van der Waals surface area contributed by atoms with E-state index in [2.05, 4.69) is 6.92 Å². The molecule has 1 aliphatic rings. The molecule has 0 radical (unpaired) electrons. The fourth-order valence-corrected chi connectivity index (χ4v) is 3.87. The minimum Gasteiger partial charge on any atom is -0.463 e. The molecule has 1 aliphatic heterocycles. The molecule has 33 heavy (non-hydrogen) atoms. The van der Waals surface area contributed by atoms with E-state index in [9.17, 15) is 14.4 Å². The maximum Gasteiger partial charge on any atom is 0.303 e. The van der Waals surface area contributed by atoms with Crippen LogP contribution in [-0.2, 0) is 38.1 Å². The third kappa shape index (κ3) is 12.4. The average molecular weight is 474 g/mol. The van der Waals surface area contributed by atoms with Crippen LogP contribution in [0, 0.1) is 0 Å². The maximum atomic E-state index is 11.6. The van der Waals surface area contributed by atoms with Crippen LogP contribution in [0.5, 0.6) is 0 Å². The Bertz CT molecular complexity index is 585. The van der Waals surface area contributed by atoms with Gasteiger partial charge in [-0.25, -0.2) is 0 Å². The first kappa shape index (κ1) is 29.3. The van der Waals surface area contributed by atoms with Crippen molar-refractivity contribution in [1.29, 1.82) is 0 Å². The van der Waals surface area contributed by atoms with Gasteiger partial charge in [-0.15, -0.1) is 0 Å². The summed E-state index contributed by atoms with van der Waals surface area (Å²) in [5.41, 5.74) is 6.26. The molecule has 0 bridgehead atoms. The second-order valence-corrected chi connectivity index (χ2v) is 8.62. The lowest BCUT2D eigenvalue weighted by molar-refractivity contribution is -0.274. The van der Waals surface area contributed by atoms with Crippen LogP contribution in [0.25, 0.3) is 0 Å². The summed E-state index contributed by atoms with van der Waals surface area (Å²) in [4.78, 5) is 34.5. The lowest BCUT2D eigenvalue weighted by Crippen LogP contribution is -2.64. The topological polar surface area (TPSA) is 123 Å². The lowest BCUT2D eigenvalue weighted by atomic mass is 9.97. The van der Waals surface area contributed by atoms with Gasteiger partial charge < -0.3 is 29.4 Å². The van der Waals surface area contributed by atoms with Gasteiger partial charge in [-0.1, -0.05) is 64.7 Å². The van der Waals surface area contributed by atoms with Gasteiger partial charge in [-0.05, 0) is 6.42 Å². The van der Waals surface area contributed by atoms with Crippen molar-refractivity contribution in [1.82, 2.24) is 0 Å². The lowest BCUT2D eigenvalue weighted by Gasteiger charge is -2.43. The summed E-state index contributed by atoms with van der Waals surface area (Å²) in [6, 6.07) is -0.866. The summed E-state index contributed by atoms with van der Waals surface area (Å²) in [7, 11) is 0. The summed E-state index contributed by atoms with van der Waals surface area (Å²) in [5.74, 6) is -1.68. The van der Waals surface area contributed by atoms with Crippen molar-refractivity contribution in [3.8, 4) is 0 Å². The summed E-state index contributed by atoms with van der Waals surface area (Å²) < 4.78 is 27.4. The number of carbonyl (C=O) groups excluding carboxylic acids is 3. The Labute approximate surface area is 198 Å². The Morgan fingerprint density at radius 1 is 0.758 bits per heavy atom. The van der Waals surface area contributed by atoms with Crippen LogP contribution >= 0.6 is 0 Å². The Morgan fingerprint density at radius 3 is 1.79 bits per heavy atom. The molecule has 9 heteroatoms. The first-order valence-electron chi connectivity index (χ1n) is 12.3. The number of hydrogen-bond donors (Lipinski definition) is 1. The highest BCUT2D eigenvalue weighted by Crippen LogP contribution is 2.27. The fraction of sp³-hybridized carbons (Fsp3) is 0.875. The number of esters is 3. The second kappa shape index (κ2) is 16.8. The van der Waals surface area contributed by atoms with Crippen LogP contribution in [0.15, 0.2) is 0 Å². The molecule has 9 nitrogen and oxygen atoms in total. The highest BCUT2D eigenvalue weighted by atomic mass is 16.7. The molecule has 0 aliphatic carbocycles. The Kier molecular flexibility index (Phi) is 15.0. The molecule has 1 rings (SSSR count). The minimum absolute atomic E-state index is 0.185. The van der Waals surface area contributed by atoms with E-state index in [-0.39, 0.29) is 6.61 Å². The summed E-state index contributed by atoms with van der Waals surface area (Å²) in [5, 5.41) is 0. The minimum atomic E-state index is -1.02. The van der Waals surface area contributed by atoms with Gasteiger partial charge >= 0.3 is 17.9 Å². The SMILES string of the molecule is CCCCCCCCCCCCO[C@@H]1O[C@H](COC(C)=O)[C@@H](OC(C)=O)[C@H](OC(C)=O)[C@H]1N. The van der Waals surface area contributed by atoms with Crippen molar-refractivity contribution in [3.63, 3.8) is 0 Å². The zero-order chi connectivity index (χ0) is 24.6. The quantitative estimate of drug-likeness (QED) is 0.204. The van der Waals surface area contributed by atoms with E-state index in [1.165, 1.54) is 65.7 Å². The maximum absolute atomic E-state index is 11.6. The number of ether oxygens (including phenoxy) is 5. The summed E-state index contributed by atoms with van der Waals surface area (Å²) >= 11 is 0. The third-order valence-corrected chi connectivity index (χ3v) is 5.53. The van der Waals surface area contributed by atoms with Crippen LogP contribution in [0.3, 0.4) is 0 Å². The van der Waals surface area contributed by atoms with E-state index in [0.717, 1.165) is 19.3 Å². The normalized spacial score (nSPS) is 24.8. The zero-order valence-electron chi connectivity index (χ0n) is 20.7. The van der Waals surface area contributed by atoms with E-state index < -0.39 is 48.6 Å². The molecule has 0 unspecified atom stereocenters. The number of carbonyl (C=O) groups is 3. The predicted molar refractivity (Wildman–Crippen MR) is 122 cm³/mol. The van der Waals surface area contributed by atoms with Crippen molar-refractivity contribution in [2.45, 2.75) is 123 Å². The fourth-order valence-electron chi connectivity index (χ4n) is 3.87. The molecule has 0 spiro atoms. The van der Waals surface area contributed by atoms with Gasteiger partial charge in [0.2, 0.25) is 0 Å². The van der Waals surface area contributed by atoms with E-state index in [0.29, 0.717) is 6.61 Å². The van der Waals surface area contributed by atoms with Crippen LogP contribution in [-0.4, -0.2) is 61.8 Å². The van der Waals surface area contributed by atoms with Gasteiger partial charge in [-0.3, -0.25) is 14.4 Å². The van der Waals surface area contributed by atoms with Crippen molar-refractivity contribution in [3.05, 3.63) is 0 Å². The average Bonchev–Trinajstić information content (AvgIpc) is 2.74. The molecule has 0 aromatic heterocycles. The van der Waals surface area contributed by atoms with Crippen LogP contribution in [0.2, 0.25) is 0 Å². The number of hydrogen-bond acceptors (Lipinski definition) is 9. The van der Waals surface area contributed by atoms with Gasteiger partial charge in [0, 0.05) is 27.4 Å². The largest absolute Gasteiger partial charge is 0.463 e. The van der Waals surface area contributed by atoms with Gasteiger partial charge in [0.05, 0.1) is 6.04 Å². The van der Waals surface area contributed by atoms with Crippen LogP contribution < -0.4 is 5.73 Å². The highest BCUT2D eigenvalue weighted by Gasteiger charge is 2.49. The van der Waals surface area contributed by atoms with Crippen LogP contribution in [0.4, 0.5) is 0 Å². The molecule has 0 aromatic carbocycles. The standard InChI is InChI=1S/C24H43NO8/c1-5-6-7-8-9-10-11-12-13-14-15-29-24-21(25)23(32-19(4)28)22(31-18(3)27)20(33-24)16-30-17(2)26/h20-24H,5-16,25H2,1-4H3/t20-,21-,22-,23-,24-/m1/s1. The molecule has 1 fully saturated rings. The molecule has 5 atom stereocenters. The second-order valence-electron chi connectivity index (χ2n) is 8.62. The summed E-state index contributed by atoms with van der Waals surface area (Å²) in [6.07, 6.45) is 8.29. The van der Waals surface area contributed by atoms with E-state index >= 15 is 0 Å². The predicted octanol–water partition coefficient (Wildman–Crippen LogP) is 3.40. The van der Waals surface area contributed by atoms with Gasteiger partial charge in [-0.2, -0.15) is 0 Å². The number of unbranched alkanes of at least 4 members (excludes halogenated alkanes) is 9. The Morgan fingerprint density at radius 2 is 1.27 bits per heavy atom. The van der Waals surface area contributed by atoms with E-state index in [1.807, 2.05) is 0 Å². The van der Waals surface area contributed by atoms with Crippen molar-refractivity contribution in [2.24, 2.45) is 5.73 Å². The van der Waals surface area contributed by atoms with Crippen LogP contribution in [0.1, 0.15) is 91.9 Å². The molecular weight excluding hydrogens is 430 g/mol. The molecular formula is C24H43NO8. The molecule has 0 amide bonds. The highest BCUT2D eigenvalue weighted by molar-refractivity contribution is 5.67. The van der Waals surface area contributed by atoms with Crippen molar-refractivity contribution in [2.75, 3.05) is 13.2 Å². The van der Waals surface area contributed by atoms with Crippen molar-refractivity contribution >= 4 is 17.9 Å². The molecule has 1 saturated heterocycles. The molecule has 2 N–H and O–H groups in total. The smallest absolute Gasteiger partial charge is 0.303 e. The summed E-state index contributed by atoms with van der Waals surface area (Å²) in [6.45, 7) is 6.21. The van der Waals surface area contributed by atoms with Gasteiger partial charge in [0.15, 0.2) is 18.5 Å². The Hall–Kier alpha value is -1.71. The monoisotopic (exact) mass is 473 g/mol. The van der Waals surface area contributed by atoms with Crippen molar-refractivity contribution < 1.29 is 38.1 Å². The molecule has 1 heterocycles. The number of nitrogens with two attached hydrogens (primary N) is 1. The van der Waals surface area contributed by atoms with Gasteiger partial charge in [0.1, 0.15) is 12.7 Å². The molecule has 192 valence electrons. The molecule has 0 saturated carbocycles. The molecule has 0 aromatic rings.